The van der Waals surface area contributed by atoms with Crippen molar-refractivity contribution < 1.29 is 4.79 Å². The van der Waals surface area contributed by atoms with Crippen LogP contribution in [-0.4, -0.2) is 52.9 Å². The van der Waals surface area contributed by atoms with Crippen molar-refractivity contribution in [1.29, 1.82) is 0 Å². The number of hydrogen-bond donors (Lipinski definition) is 0. The molecule has 4 heteroatoms. The Kier molecular flexibility index (Phi) is 4.86. The van der Waals surface area contributed by atoms with Gasteiger partial charge in [-0.2, -0.15) is 0 Å². The van der Waals surface area contributed by atoms with Gasteiger partial charge >= 0.3 is 0 Å². The molecular weight excluding hydrogens is 262 g/mol. The quantitative estimate of drug-likeness (QED) is 0.854. The molecule has 0 aliphatic carbocycles. The third-order valence-electron chi connectivity index (χ3n) is 4.79. The number of carbonyl (C=O) groups excluding carboxylic acids is 1. The molecule has 0 bridgehead atoms. The third kappa shape index (κ3) is 3.62. The van der Waals surface area contributed by atoms with Crippen molar-refractivity contribution >= 4 is 5.91 Å². The van der Waals surface area contributed by atoms with E-state index in [9.17, 15) is 4.79 Å². The van der Waals surface area contributed by atoms with E-state index in [2.05, 4.69) is 14.8 Å². The van der Waals surface area contributed by atoms with Crippen molar-refractivity contribution in [2.24, 2.45) is 0 Å². The number of piperidine rings is 1. The van der Waals surface area contributed by atoms with Gasteiger partial charge in [-0.05, 0) is 63.7 Å². The van der Waals surface area contributed by atoms with Crippen LogP contribution in [0.5, 0.6) is 0 Å². The lowest BCUT2D eigenvalue weighted by Gasteiger charge is -2.36. The molecule has 0 aromatic carbocycles. The second-order valence-corrected chi connectivity index (χ2v) is 6.22. The predicted molar refractivity (Wildman–Crippen MR) is 83.2 cm³/mol. The number of aromatic nitrogens is 1. The number of amides is 1. The molecule has 2 fully saturated rings. The summed E-state index contributed by atoms with van der Waals surface area (Å²) in [7, 11) is 0. The predicted octanol–water partition coefficient (Wildman–Crippen LogP) is 2.56. The lowest BCUT2D eigenvalue weighted by Crippen LogP contribution is -2.45. The van der Waals surface area contributed by atoms with E-state index in [-0.39, 0.29) is 5.91 Å². The number of rotatable bonds is 4. The lowest BCUT2D eigenvalue weighted by molar-refractivity contribution is 0.0588. The Morgan fingerprint density at radius 2 is 1.81 bits per heavy atom. The molecule has 0 saturated carbocycles. The Balaban J connectivity index is 1.62. The van der Waals surface area contributed by atoms with Gasteiger partial charge in [0.25, 0.3) is 5.91 Å². The normalized spacial score (nSPS) is 23.4. The van der Waals surface area contributed by atoms with Gasteiger partial charge in [-0.3, -0.25) is 9.78 Å². The first kappa shape index (κ1) is 14.5. The summed E-state index contributed by atoms with van der Waals surface area (Å²) in [6, 6.07) is 4.07. The van der Waals surface area contributed by atoms with Gasteiger partial charge in [0.1, 0.15) is 0 Å². The Hall–Kier alpha value is -1.42. The Morgan fingerprint density at radius 3 is 2.57 bits per heavy atom. The van der Waals surface area contributed by atoms with E-state index in [1.807, 2.05) is 12.1 Å². The Labute approximate surface area is 127 Å². The standard InChI is InChI=1S/C17H25N3O/c21-17(15-6-9-18-10-7-15)20-13-2-1-5-16(20)8-14-19-11-3-4-12-19/h6-7,9-10,16H,1-5,8,11-14H2/t16-/m0/s1. The molecule has 21 heavy (non-hydrogen) atoms. The highest BCUT2D eigenvalue weighted by molar-refractivity contribution is 5.94. The van der Waals surface area contributed by atoms with Gasteiger partial charge in [-0.25, -0.2) is 0 Å². The molecule has 0 N–H and O–H groups in total. The van der Waals surface area contributed by atoms with Crippen LogP contribution in [0.15, 0.2) is 24.5 Å². The zero-order valence-electron chi connectivity index (χ0n) is 12.7. The molecule has 1 aromatic rings. The molecule has 1 amide bonds. The Morgan fingerprint density at radius 1 is 1.10 bits per heavy atom. The van der Waals surface area contributed by atoms with Crippen LogP contribution in [0, 0.1) is 0 Å². The maximum Gasteiger partial charge on any atom is 0.254 e. The molecule has 0 unspecified atom stereocenters. The number of pyridine rings is 1. The van der Waals surface area contributed by atoms with Gasteiger partial charge < -0.3 is 9.80 Å². The van der Waals surface area contributed by atoms with Crippen LogP contribution >= 0.6 is 0 Å². The number of nitrogens with zero attached hydrogens (tertiary/aromatic N) is 3. The summed E-state index contributed by atoms with van der Waals surface area (Å²) < 4.78 is 0. The van der Waals surface area contributed by atoms with E-state index in [0.29, 0.717) is 6.04 Å². The van der Waals surface area contributed by atoms with Crippen molar-refractivity contribution in [1.82, 2.24) is 14.8 Å². The van der Waals surface area contributed by atoms with Crippen LogP contribution in [0.3, 0.4) is 0 Å². The molecule has 1 aromatic heterocycles. The molecule has 3 heterocycles. The fourth-order valence-electron chi connectivity index (χ4n) is 3.57. The van der Waals surface area contributed by atoms with E-state index in [1.165, 1.54) is 32.4 Å². The van der Waals surface area contributed by atoms with Crippen LogP contribution < -0.4 is 0 Å². The maximum absolute atomic E-state index is 12.7. The molecule has 3 rings (SSSR count). The highest BCUT2D eigenvalue weighted by Gasteiger charge is 2.27. The monoisotopic (exact) mass is 287 g/mol. The molecule has 114 valence electrons. The SMILES string of the molecule is O=C(c1ccncc1)N1CCCC[C@H]1CCN1CCCC1. The first-order valence-corrected chi connectivity index (χ1v) is 8.28. The third-order valence-corrected chi connectivity index (χ3v) is 4.79. The maximum atomic E-state index is 12.7. The van der Waals surface area contributed by atoms with E-state index in [1.54, 1.807) is 12.4 Å². The van der Waals surface area contributed by atoms with Gasteiger partial charge in [0.2, 0.25) is 0 Å². The summed E-state index contributed by atoms with van der Waals surface area (Å²) in [5.41, 5.74) is 0.776. The molecular formula is C17H25N3O. The van der Waals surface area contributed by atoms with E-state index >= 15 is 0 Å². The van der Waals surface area contributed by atoms with Gasteiger partial charge in [0.15, 0.2) is 0 Å². The van der Waals surface area contributed by atoms with Gasteiger partial charge in [0.05, 0.1) is 0 Å². The van der Waals surface area contributed by atoms with Crippen molar-refractivity contribution in [3.8, 4) is 0 Å². The van der Waals surface area contributed by atoms with Crippen molar-refractivity contribution in [2.75, 3.05) is 26.2 Å². The summed E-state index contributed by atoms with van der Waals surface area (Å²) in [6.45, 7) is 4.53. The zero-order valence-corrected chi connectivity index (χ0v) is 12.7. The van der Waals surface area contributed by atoms with Crippen LogP contribution in [0.1, 0.15) is 48.9 Å². The fourth-order valence-corrected chi connectivity index (χ4v) is 3.57. The summed E-state index contributed by atoms with van der Waals surface area (Å²) in [5.74, 6) is 0.184. The minimum Gasteiger partial charge on any atom is -0.336 e. The zero-order chi connectivity index (χ0) is 14.5. The molecule has 0 spiro atoms. The summed E-state index contributed by atoms with van der Waals surface area (Å²) >= 11 is 0. The largest absolute Gasteiger partial charge is 0.336 e. The second-order valence-electron chi connectivity index (χ2n) is 6.22. The van der Waals surface area contributed by atoms with E-state index in [4.69, 9.17) is 0 Å². The van der Waals surface area contributed by atoms with Gasteiger partial charge in [0, 0.05) is 37.1 Å². The Bertz CT molecular complexity index is 456. The lowest BCUT2D eigenvalue weighted by atomic mass is 9.98. The smallest absolute Gasteiger partial charge is 0.254 e. The molecule has 2 aliphatic heterocycles. The second kappa shape index (κ2) is 7.03. The summed E-state index contributed by atoms with van der Waals surface area (Å²) in [5, 5.41) is 0. The molecule has 2 aliphatic rings. The number of likely N-dealkylation sites (tertiary alicyclic amines) is 2. The average molecular weight is 287 g/mol. The van der Waals surface area contributed by atoms with Crippen molar-refractivity contribution in [3.63, 3.8) is 0 Å². The van der Waals surface area contributed by atoms with Crippen LogP contribution in [0.25, 0.3) is 0 Å². The van der Waals surface area contributed by atoms with E-state index < -0.39 is 0 Å². The van der Waals surface area contributed by atoms with Crippen molar-refractivity contribution in [2.45, 2.75) is 44.6 Å². The highest BCUT2D eigenvalue weighted by Crippen LogP contribution is 2.23. The fraction of sp³-hybridized carbons (Fsp3) is 0.647. The molecule has 1 atom stereocenters. The molecule has 4 nitrogen and oxygen atoms in total. The van der Waals surface area contributed by atoms with Crippen LogP contribution in [0.4, 0.5) is 0 Å². The summed E-state index contributed by atoms with van der Waals surface area (Å²) in [4.78, 5) is 21.3. The number of carbonyl (C=O) groups is 1. The number of hydrogen-bond acceptors (Lipinski definition) is 3. The minimum atomic E-state index is 0.184. The highest BCUT2D eigenvalue weighted by atomic mass is 16.2. The average Bonchev–Trinajstić information content (AvgIpc) is 3.07. The van der Waals surface area contributed by atoms with Crippen LogP contribution in [-0.2, 0) is 0 Å². The minimum absolute atomic E-state index is 0.184. The van der Waals surface area contributed by atoms with E-state index in [0.717, 1.165) is 37.9 Å². The molecule has 2 saturated heterocycles. The first-order chi connectivity index (χ1) is 10.3. The first-order valence-electron chi connectivity index (χ1n) is 8.28. The van der Waals surface area contributed by atoms with Crippen LogP contribution in [0.2, 0.25) is 0 Å². The van der Waals surface area contributed by atoms with Gasteiger partial charge in [-0.1, -0.05) is 0 Å². The van der Waals surface area contributed by atoms with Crippen molar-refractivity contribution in [3.05, 3.63) is 30.1 Å². The topological polar surface area (TPSA) is 36.4 Å². The molecule has 0 radical (unpaired) electrons. The summed E-state index contributed by atoms with van der Waals surface area (Å²) in [6.07, 6.45) is 10.8. The van der Waals surface area contributed by atoms with Gasteiger partial charge in [-0.15, -0.1) is 0 Å².